The maximum Gasteiger partial charge on any atom is 0.199 e. The second kappa shape index (κ2) is 7.28. The highest BCUT2D eigenvalue weighted by atomic mass is 16.3. The number of aryl methyl sites for hydroxylation is 1. The highest BCUT2D eigenvalue weighted by Crippen LogP contribution is 2.23. The predicted octanol–water partition coefficient (Wildman–Crippen LogP) is 5.25. The molecule has 140 valence electrons. The summed E-state index contributed by atoms with van der Waals surface area (Å²) in [5.74, 6) is 2.73. The zero-order valence-corrected chi connectivity index (χ0v) is 15.9. The summed E-state index contributed by atoms with van der Waals surface area (Å²) in [5.41, 5.74) is 4.69. The van der Waals surface area contributed by atoms with Crippen molar-refractivity contribution >= 4 is 11.1 Å². The van der Waals surface area contributed by atoms with Crippen LogP contribution in [0.4, 0.5) is 0 Å². The number of benzene rings is 3. The lowest BCUT2D eigenvalue weighted by Crippen LogP contribution is -2.00. The molecule has 0 amide bonds. The molecule has 5 aromatic rings. The van der Waals surface area contributed by atoms with Crippen LogP contribution >= 0.6 is 0 Å². The summed E-state index contributed by atoms with van der Waals surface area (Å²) < 4.78 is 5.86. The first-order valence-electron chi connectivity index (χ1n) is 9.46. The standard InChI is InChI=1S/C24H18N4O/c1-16-25-23(18-9-3-2-4-10-18)28-24(26-16)19-11-7-8-17(14-19)15-22-27-20-12-5-6-13-21(20)29-22/h2-14H,15H2,1H3. The van der Waals surface area contributed by atoms with Gasteiger partial charge in [-0.25, -0.2) is 19.9 Å². The minimum absolute atomic E-state index is 0.609. The predicted molar refractivity (Wildman–Crippen MR) is 112 cm³/mol. The summed E-state index contributed by atoms with van der Waals surface area (Å²) in [7, 11) is 0. The molecule has 0 fully saturated rings. The molecule has 5 nitrogen and oxygen atoms in total. The van der Waals surface area contributed by atoms with Gasteiger partial charge in [0.1, 0.15) is 11.3 Å². The van der Waals surface area contributed by atoms with Crippen molar-refractivity contribution in [3.05, 3.63) is 96.1 Å². The highest BCUT2D eigenvalue weighted by molar-refractivity contribution is 5.72. The molecule has 0 radical (unpaired) electrons. The quantitative estimate of drug-likeness (QED) is 0.427. The van der Waals surface area contributed by atoms with Crippen LogP contribution in [0.1, 0.15) is 17.3 Å². The van der Waals surface area contributed by atoms with Gasteiger partial charge in [0, 0.05) is 17.5 Å². The maximum absolute atomic E-state index is 5.86. The molecule has 5 heteroatoms. The molecule has 29 heavy (non-hydrogen) atoms. The summed E-state index contributed by atoms with van der Waals surface area (Å²) in [5, 5.41) is 0. The van der Waals surface area contributed by atoms with Gasteiger partial charge in [0.05, 0.1) is 0 Å². The third-order valence-electron chi connectivity index (χ3n) is 4.66. The molecular formula is C24H18N4O. The van der Waals surface area contributed by atoms with Crippen LogP contribution in [0.15, 0.2) is 83.3 Å². The zero-order valence-electron chi connectivity index (χ0n) is 15.9. The summed E-state index contributed by atoms with van der Waals surface area (Å²) in [6.07, 6.45) is 0.609. The largest absolute Gasteiger partial charge is 0.440 e. The van der Waals surface area contributed by atoms with Gasteiger partial charge in [-0.1, -0.05) is 60.7 Å². The van der Waals surface area contributed by atoms with Crippen molar-refractivity contribution in [2.75, 3.05) is 0 Å². The van der Waals surface area contributed by atoms with E-state index in [2.05, 4.69) is 27.1 Å². The molecule has 0 N–H and O–H groups in total. The lowest BCUT2D eigenvalue weighted by Gasteiger charge is -2.07. The van der Waals surface area contributed by atoms with Gasteiger partial charge in [0.2, 0.25) is 0 Å². The average Bonchev–Trinajstić information content (AvgIpc) is 3.16. The molecule has 3 aromatic carbocycles. The fourth-order valence-corrected chi connectivity index (χ4v) is 3.32. The minimum Gasteiger partial charge on any atom is -0.440 e. The molecule has 5 rings (SSSR count). The molecule has 2 aromatic heterocycles. The topological polar surface area (TPSA) is 64.7 Å². The Labute approximate surface area is 168 Å². The monoisotopic (exact) mass is 378 g/mol. The molecule has 0 bridgehead atoms. The number of rotatable bonds is 4. The third-order valence-corrected chi connectivity index (χ3v) is 4.66. The van der Waals surface area contributed by atoms with E-state index in [1.165, 1.54) is 0 Å². The molecule has 0 aliphatic heterocycles. The van der Waals surface area contributed by atoms with Crippen molar-refractivity contribution in [2.45, 2.75) is 13.3 Å². The number of hydrogen-bond donors (Lipinski definition) is 0. The number of oxazole rings is 1. The van der Waals surface area contributed by atoms with Crippen LogP contribution in [0.5, 0.6) is 0 Å². The minimum atomic E-state index is 0.609. The van der Waals surface area contributed by atoms with E-state index in [9.17, 15) is 0 Å². The van der Waals surface area contributed by atoms with Crippen LogP contribution in [0, 0.1) is 6.92 Å². The highest BCUT2D eigenvalue weighted by Gasteiger charge is 2.11. The van der Waals surface area contributed by atoms with E-state index in [1.807, 2.05) is 73.7 Å². The molecular weight excluding hydrogens is 360 g/mol. The van der Waals surface area contributed by atoms with Crippen molar-refractivity contribution in [3.63, 3.8) is 0 Å². The number of hydrogen-bond acceptors (Lipinski definition) is 5. The number of para-hydroxylation sites is 2. The Balaban J connectivity index is 1.49. The number of aromatic nitrogens is 4. The maximum atomic E-state index is 5.86. The smallest absolute Gasteiger partial charge is 0.199 e. The van der Waals surface area contributed by atoms with Crippen molar-refractivity contribution in [1.29, 1.82) is 0 Å². The number of nitrogens with zero attached hydrogens (tertiary/aromatic N) is 4. The Hall–Kier alpha value is -3.86. The molecule has 0 saturated heterocycles. The van der Waals surface area contributed by atoms with E-state index in [1.54, 1.807) is 0 Å². The first-order valence-corrected chi connectivity index (χ1v) is 9.46. The van der Waals surface area contributed by atoms with E-state index in [4.69, 9.17) is 9.40 Å². The SMILES string of the molecule is Cc1nc(-c2ccccc2)nc(-c2cccc(Cc3nc4ccccc4o3)c2)n1. The van der Waals surface area contributed by atoms with Gasteiger partial charge in [0.25, 0.3) is 0 Å². The second-order valence-corrected chi connectivity index (χ2v) is 6.85. The summed E-state index contributed by atoms with van der Waals surface area (Å²) in [4.78, 5) is 18.3. The molecule has 0 atom stereocenters. The first kappa shape index (κ1) is 17.3. The van der Waals surface area contributed by atoms with Crippen LogP contribution in [0.3, 0.4) is 0 Å². The number of fused-ring (bicyclic) bond motifs is 1. The van der Waals surface area contributed by atoms with Gasteiger partial charge in [-0.2, -0.15) is 0 Å². The Morgan fingerprint density at radius 3 is 2.24 bits per heavy atom. The summed E-state index contributed by atoms with van der Waals surface area (Å²) in [6.45, 7) is 1.89. The average molecular weight is 378 g/mol. The fraction of sp³-hybridized carbons (Fsp3) is 0.0833. The van der Waals surface area contributed by atoms with Crippen molar-refractivity contribution < 1.29 is 4.42 Å². The van der Waals surface area contributed by atoms with Crippen LogP contribution in [-0.4, -0.2) is 19.9 Å². The molecule has 0 unspecified atom stereocenters. The Morgan fingerprint density at radius 1 is 0.690 bits per heavy atom. The lowest BCUT2D eigenvalue weighted by molar-refractivity contribution is 0.544. The third kappa shape index (κ3) is 3.62. The van der Waals surface area contributed by atoms with E-state index >= 15 is 0 Å². The molecule has 0 aliphatic carbocycles. The van der Waals surface area contributed by atoms with Gasteiger partial charge >= 0.3 is 0 Å². The normalized spacial score (nSPS) is 11.1. The first-order chi connectivity index (χ1) is 14.2. The van der Waals surface area contributed by atoms with Crippen molar-refractivity contribution in [3.8, 4) is 22.8 Å². The molecule has 0 aliphatic rings. The zero-order chi connectivity index (χ0) is 19.6. The van der Waals surface area contributed by atoms with Gasteiger partial charge in [-0.15, -0.1) is 0 Å². The van der Waals surface area contributed by atoms with Gasteiger partial charge < -0.3 is 4.42 Å². The van der Waals surface area contributed by atoms with Gasteiger partial charge in [-0.3, -0.25) is 0 Å². The molecule has 0 saturated carbocycles. The fourth-order valence-electron chi connectivity index (χ4n) is 3.32. The van der Waals surface area contributed by atoms with Crippen LogP contribution in [-0.2, 0) is 6.42 Å². The second-order valence-electron chi connectivity index (χ2n) is 6.85. The van der Waals surface area contributed by atoms with Gasteiger partial charge in [0.15, 0.2) is 23.1 Å². The van der Waals surface area contributed by atoms with Crippen LogP contribution < -0.4 is 0 Å². The van der Waals surface area contributed by atoms with Crippen molar-refractivity contribution in [2.24, 2.45) is 0 Å². The van der Waals surface area contributed by atoms with E-state index < -0.39 is 0 Å². The molecule has 0 spiro atoms. The Morgan fingerprint density at radius 2 is 1.41 bits per heavy atom. The molecule has 2 heterocycles. The van der Waals surface area contributed by atoms with E-state index in [0.29, 0.717) is 29.8 Å². The Kier molecular flexibility index (Phi) is 4.33. The van der Waals surface area contributed by atoms with Gasteiger partial charge in [-0.05, 0) is 30.7 Å². The van der Waals surface area contributed by atoms with Crippen molar-refractivity contribution in [1.82, 2.24) is 19.9 Å². The Bertz CT molecular complexity index is 1260. The lowest BCUT2D eigenvalue weighted by atomic mass is 10.1. The summed E-state index contributed by atoms with van der Waals surface area (Å²) in [6, 6.07) is 25.9. The van der Waals surface area contributed by atoms with E-state index in [-0.39, 0.29) is 0 Å². The summed E-state index contributed by atoms with van der Waals surface area (Å²) >= 11 is 0. The van der Waals surface area contributed by atoms with E-state index in [0.717, 1.165) is 27.8 Å². The van der Waals surface area contributed by atoms with Crippen LogP contribution in [0.25, 0.3) is 33.9 Å². The van der Waals surface area contributed by atoms with Crippen LogP contribution in [0.2, 0.25) is 0 Å².